The minimum Gasteiger partial charge on any atom is -0.379 e. The average Bonchev–Trinajstić information content (AvgIpc) is 2.04. The first-order valence-electron chi connectivity index (χ1n) is 3.60. The fourth-order valence-corrected chi connectivity index (χ4v) is 0.858. The molecule has 3 nitrogen and oxygen atoms in total. The number of alkyl halides is 2. The molecule has 0 spiro atoms. The van der Waals surface area contributed by atoms with Crippen LogP contribution in [0.25, 0.3) is 0 Å². The molecule has 0 unspecified atom stereocenters. The molecule has 0 saturated carbocycles. The largest absolute Gasteiger partial charge is 0.379 e. The molecular formula is C8H9I2NO2. The van der Waals surface area contributed by atoms with Gasteiger partial charge in [0.25, 0.3) is 0 Å². The number of hydroxylamine groups is 2. The summed E-state index contributed by atoms with van der Waals surface area (Å²) in [5.41, 5.74) is 0. The highest BCUT2D eigenvalue weighted by molar-refractivity contribution is 14.2. The quantitative estimate of drug-likeness (QED) is 0.363. The van der Waals surface area contributed by atoms with Gasteiger partial charge in [-0.3, -0.25) is 5.21 Å². The minimum absolute atomic E-state index is 0.481. The number of hydrogen-bond donors (Lipinski definition) is 1. The molecule has 1 N–H and O–H groups in total. The van der Waals surface area contributed by atoms with Gasteiger partial charge in [-0.25, -0.2) is 0 Å². The van der Waals surface area contributed by atoms with E-state index in [1.165, 1.54) is 0 Å². The van der Waals surface area contributed by atoms with Gasteiger partial charge in [0.1, 0.15) is 0 Å². The molecule has 0 aromatic heterocycles. The Morgan fingerprint density at radius 3 is 2.31 bits per heavy atom. The summed E-state index contributed by atoms with van der Waals surface area (Å²) in [5.74, 6) is 0.615. The van der Waals surface area contributed by atoms with Crippen LogP contribution in [-0.4, -0.2) is 12.0 Å². The van der Waals surface area contributed by atoms with Crippen molar-refractivity contribution < 1.29 is 10.0 Å². The Hall–Kier alpha value is 0.400. The first kappa shape index (κ1) is 11.5. The van der Waals surface area contributed by atoms with Gasteiger partial charge in [-0.05, 0) is 64.2 Å². The van der Waals surface area contributed by atoms with E-state index in [0.717, 1.165) is 5.23 Å². The zero-order chi connectivity index (χ0) is 9.90. The van der Waals surface area contributed by atoms with Crippen molar-refractivity contribution in [3.8, 4) is 5.75 Å². The highest BCUT2D eigenvalue weighted by Crippen LogP contribution is 2.30. The molecule has 0 radical (unpaired) electrons. The molecule has 13 heavy (non-hydrogen) atoms. The molecule has 0 aliphatic heterocycles. The fourth-order valence-electron chi connectivity index (χ4n) is 0.661. The second-order valence-electron chi connectivity index (χ2n) is 2.52. The first-order valence-corrected chi connectivity index (χ1v) is 5.76. The molecule has 0 amide bonds. The van der Waals surface area contributed by atoms with Crippen molar-refractivity contribution in [3.63, 3.8) is 0 Å². The maximum atomic E-state index is 9.44. The number of benzene rings is 1. The standard InChI is InChI=1S/C8H9I2NO2/c1-8(9,10)11(12)13-7-5-3-2-4-6-7/h2-6,12H,1H3. The molecule has 0 bridgehead atoms. The van der Waals surface area contributed by atoms with Gasteiger partial charge in [-0.2, -0.15) is 0 Å². The van der Waals surface area contributed by atoms with Gasteiger partial charge >= 0.3 is 0 Å². The molecule has 1 aromatic rings. The van der Waals surface area contributed by atoms with Crippen LogP contribution in [0.4, 0.5) is 0 Å². The van der Waals surface area contributed by atoms with E-state index in [9.17, 15) is 5.21 Å². The van der Waals surface area contributed by atoms with Crippen molar-refractivity contribution in [1.29, 1.82) is 0 Å². The Balaban J connectivity index is 2.61. The molecule has 1 aromatic carbocycles. The minimum atomic E-state index is -0.481. The summed E-state index contributed by atoms with van der Waals surface area (Å²) < 4.78 is -0.481. The topological polar surface area (TPSA) is 32.7 Å². The molecule has 1 rings (SSSR count). The fraction of sp³-hybridized carbons (Fsp3) is 0.250. The van der Waals surface area contributed by atoms with Crippen molar-refractivity contribution in [2.45, 2.75) is 8.48 Å². The molecule has 0 aliphatic rings. The van der Waals surface area contributed by atoms with Crippen molar-refractivity contribution in [2.75, 3.05) is 0 Å². The molecule has 0 heterocycles. The Labute approximate surface area is 104 Å². The Morgan fingerprint density at radius 1 is 1.31 bits per heavy atom. The number of halogens is 2. The van der Waals surface area contributed by atoms with E-state index in [1.807, 2.05) is 25.1 Å². The monoisotopic (exact) mass is 405 g/mol. The smallest absolute Gasteiger partial charge is 0.182 e. The number of para-hydroxylation sites is 1. The highest BCUT2D eigenvalue weighted by atomic mass is 127. The van der Waals surface area contributed by atoms with Crippen LogP contribution in [0.5, 0.6) is 5.75 Å². The lowest BCUT2D eigenvalue weighted by molar-refractivity contribution is -0.287. The van der Waals surface area contributed by atoms with E-state index in [1.54, 1.807) is 12.1 Å². The van der Waals surface area contributed by atoms with Crippen molar-refractivity contribution in [1.82, 2.24) is 5.23 Å². The normalized spacial score (nSPS) is 11.8. The first-order chi connectivity index (χ1) is 6.00. The molecular weight excluding hydrogens is 396 g/mol. The number of hydrogen-bond acceptors (Lipinski definition) is 3. The van der Waals surface area contributed by atoms with Crippen LogP contribution < -0.4 is 4.84 Å². The van der Waals surface area contributed by atoms with Gasteiger partial charge in [0.05, 0.1) is 0 Å². The summed E-state index contributed by atoms with van der Waals surface area (Å²) >= 11 is 4.13. The highest BCUT2D eigenvalue weighted by Gasteiger charge is 2.25. The van der Waals surface area contributed by atoms with E-state index in [4.69, 9.17) is 4.84 Å². The van der Waals surface area contributed by atoms with Crippen LogP contribution in [0.15, 0.2) is 30.3 Å². The van der Waals surface area contributed by atoms with Crippen LogP contribution in [0.1, 0.15) is 6.92 Å². The van der Waals surface area contributed by atoms with Gasteiger partial charge < -0.3 is 4.84 Å². The second-order valence-corrected chi connectivity index (χ2v) is 8.78. The van der Waals surface area contributed by atoms with Crippen LogP contribution in [0.3, 0.4) is 0 Å². The van der Waals surface area contributed by atoms with Crippen LogP contribution in [0, 0.1) is 0 Å². The van der Waals surface area contributed by atoms with E-state index in [-0.39, 0.29) is 0 Å². The maximum absolute atomic E-state index is 9.44. The maximum Gasteiger partial charge on any atom is 0.182 e. The summed E-state index contributed by atoms with van der Waals surface area (Å²) in [7, 11) is 0. The SMILES string of the molecule is CC(I)(I)N(O)Oc1ccccc1. The van der Waals surface area contributed by atoms with Gasteiger partial charge in [0.2, 0.25) is 0 Å². The van der Waals surface area contributed by atoms with Gasteiger partial charge in [0, 0.05) is 5.23 Å². The van der Waals surface area contributed by atoms with Gasteiger partial charge in [-0.1, -0.05) is 18.2 Å². The zero-order valence-corrected chi connectivity index (χ0v) is 11.3. The average molecular weight is 405 g/mol. The Morgan fingerprint density at radius 2 is 1.85 bits per heavy atom. The van der Waals surface area contributed by atoms with Crippen molar-refractivity contribution in [3.05, 3.63) is 30.3 Å². The Kier molecular flexibility index (Phi) is 4.20. The molecule has 5 heteroatoms. The number of nitrogens with zero attached hydrogens (tertiary/aromatic N) is 1. The predicted octanol–water partition coefficient (Wildman–Crippen LogP) is 3.22. The summed E-state index contributed by atoms with van der Waals surface area (Å²) in [4.78, 5) is 5.15. The molecule has 72 valence electrons. The third-order valence-electron chi connectivity index (χ3n) is 1.27. The van der Waals surface area contributed by atoms with E-state index < -0.39 is 1.55 Å². The third kappa shape index (κ3) is 3.96. The predicted molar refractivity (Wildman–Crippen MR) is 67.1 cm³/mol. The second kappa shape index (κ2) is 4.76. The van der Waals surface area contributed by atoms with E-state index >= 15 is 0 Å². The lowest BCUT2D eigenvalue weighted by Gasteiger charge is -2.24. The van der Waals surface area contributed by atoms with Gasteiger partial charge in [0.15, 0.2) is 7.30 Å². The third-order valence-corrected chi connectivity index (χ3v) is 2.10. The molecule has 0 fully saturated rings. The lowest BCUT2D eigenvalue weighted by atomic mass is 10.3. The summed E-state index contributed by atoms with van der Waals surface area (Å²) in [6, 6.07) is 9.15. The number of rotatable bonds is 3. The van der Waals surface area contributed by atoms with Crippen molar-refractivity contribution >= 4 is 45.2 Å². The van der Waals surface area contributed by atoms with Crippen molar-refractivity contribution in [2.24, 2.45) is 0 Å². The van der Waals surface area contributed by atoms with E-state index in [0.29, 0.717) is 5.75 Å². The van der Waals surface area contributed by atoms with Gasteiger partial charge in [-0.15, -0.1) is 0 Å². The van der Waals surface area contributed by atoms with Crippen LogP contribution >= 0.6 is 45.2 Å². The van der Waals surface area contributed by atoms with Crippen LogP contribution in [0.2, 0.25) is 0 Å². The zero-order valence-electron chi connectivity index (χ0n) is 6.95. The molecule has 0 aliphatic carbocycles. The lowest BCUT2D eigenvalue weighted by Crippen LogP contribution is -2.35. The summed E-state index contributed by atoms with van der Waals surface area (Å²) in [6.07, 6.45) is 0. The van der Waals surface area contributed by atoms with Crippen LogP contribution in [-0.2, 0) is 0 Å². The molecule has 0 atom stereocenters. The summed E-state index contributed by atoms with van der Waals surface area (Å²) in [5, 5.41) is 10.3. The molecule has 0 saturated heterocycles. The summed E-state index contributed by atoms with van der Waals surface area (Å²) in [6.45, 7) is 1.83. The Bertz CT molecular complexity index is 261. The van der Waals surface area contributed by atoms with E-state index in [2.05, 4.69) is 45.2 Å².